The largest absolute Gasteiger partial charge is 0.419 e. The lowest BCUT2D eigenvalue weighted by Crippen LogP contribution is -2.46. The van der Waals surface area contributed by atoms with Crippen molar-refractivity contribution in [2.45, 2.75) is 25.0 Å². The minimum atomic E-state index is -0.899. The SMILES string of the molecule is Cn1c(=O)oc2ccc(-c3cc(Cl)c(C[C@@H](C#N)NC(=O)C4CNCCCO4)cc3F)cc21. The predicted octanol–water partition coefficient (Wildman–Crippen LogP) is 2.52. The van der Waals surface area contributed by atoms with E-state index in [4.69, 9.17) is 20.8 Å². The van der Waals surface area contributed by atoms with Gasteiger partial charge < -0.3 is 19.8 Å². The van der Waals surface area contributed by atoms with Gasteiger partial charge >= 0.3 is 5.76 Å². The number of hydrogen-bond acceptors (Lipinski definition) is 6. The second-order valence-electron chi connectivity index (χ2n) is 7.84. The van der Waals surface area contributed by atoms with E-state index in [0.29, 0.717) is 35.4 Å². The maximum atomic E-state index is 15.0. The Labute approximate surface area is 193 Å². The Kier molecular flexibility index (Phi) is 6.79. The van der Waals surface area contributed by atoms with Gasteiger partial charge in [-0.25, -0.2) is 9.18 Å². The number of nitriles is 1. The van der Waals surface area contributed by atoms with E-state index in [1.54, 1.807) is 25.2 Å². The number of aromatic nitrogens is 1. The number of fused-ring (bicyclic) bond motifs is 1. The first-order valence-electron chi connectivity index (χ1n) is 10.5. The number of ether oxygens (including phenoxy) is 1. The molecule has 33 heavy (non-hydrogen) atoms. The van der Waals surface area contributed by atoms with Crippen LogP contribution in [0.5, 0.6) is 0 Å². The van der Waals surface area contributed by atoms with Crippen LogP contribution in [0.1, 0.15) is 12.0 Å². The molecule has 1 amide bonds. The van der Waals surface area contributed by atoms with Crippen molar-refractivity contribution in [1.82, 2.24) is 15.2 Å². The topological polar surface area (TPSA) is 109 Å². The minimum absolute atomic E-state index is 0.0354. The van der Waals surface area contributed by atoms with E-state index in [2.05, 4.69) is 10.6 Å². The van der Waals surface area contributed by atoms with Crippen molar-refractivity contribution in [1.29, 1.82) is 5.26 Å². The Morgan fingerprint density at radius 1 is 1.42 bits per heavy atom. The van der Waals surface area contributed by atoms with Gasteiger partial charge in [0, 0.05) is 37.2 Å². The lowest BCUT2D eigenvalue weighted by molar-refractivity contribution is -0.132. The average molecular weight is 473 g/mol. The van der Waals surface area contributed by atoms with Crippen LogP contribution in [0.4, 0.5) is 4.39 Å². The fourth-order valence-corrected chi connectivity index (χ4v) is 4.00. The molecule has 2 aromatic carbocycles. The van der Waals surface area contributed by atoms with Gasteiger partial charge in [-0.15, -0.1) is 0 Å². The number of hydrogen-bond donors (Lipinski definition) is 2. The van der Waals surface area contributed by atoms with E-state index in [1.165, 1.54) is 16.7 Å². The first kappa shape index (κ1) is 23.0. The Hall–Kier alpha value is -3.19. The molecule has 4 rings (SSSR count). The number of carbonyl (C=O) groups excluding carboxylic acids is 1. The third-order valence-corrected chi connectivity index (χ3v) is 5.93. The van der Waals surface area contributed by atoms with E-state index in [1.807, 2.05) is 6.07 Å². The molecular weight excluding hydrogens is 451 g/mol. The number of amides is 1. The molecule has 8 nitrogen and oxygen atoms in total. The van der Waals surface area contributed by atoms with E-state index in [-0.39, 0.29) is 17.0 Å². The van der Waals surface area contributed by atoms with Gasteiger partial charge in [-0.05, 0) is 48.4 Å². The van der Waals surface area contributed by atoms with Crippen LogP contribution < -0.4 is 16.4 Å². The maximum absolute atomic E-state index is 15.0. The quantitative estimate of drug-likeness (QED) is 0.590. The second kappa shape index (κ2) is 9.75. The van der Waals surface area contributed by atoms with Crippen LogP contribution in [0.25, 0.3) is 22.2 Å². The highest BCUT2D eigenvalue weighted by atomic mass is 35.5. The minimum Gasteiger partial charge on any atom is -0.408 e. The molecule has 0 aliphatic carbocycles. The molecule has 2 atom stereocenters. The van der Waals surface area contributed by atoms with E-state index in [0.717, 1.165) is 13.0 Å². The normalized spacial score (nSPS) is 17.3. The van der Waals surface area contributed by atoms with Crippen LogP contribution in [0.2, 0.25) is 5.02 Å². The number of oxazole rings is 1. The Morgan fingerprint density at radius 2 is 2.24 bits per heavy atom. The fourth-order valence-electron chi connectivity index (χ4n) is 3.76. The van der Waals surface area contributed by atoms with Gasteiger partial charge in [-0.3, -0.25) is 9.36 Å². The predicted molar refractivity (Wildman–Crippen MR) is 120 cm³/mol. The molecular formula is C23H22ClFN4O4. The lowest BCUT2D eigenvalue weighted by Gasteiger charge is -2.18. The van der Waals surface area contributed by atoms with Crippen LogP contribution in [0.3, 0.4) is 0 Å². The Bertz CT molecular complexity index is 1290. The monoisotopic (exact) mass is 472 g/mol. The lowest BCUT2D eigenvalue weighted by atomic mass is 9.99. The first-order chi connectivity index (χ1) is 15.9. The molecule has 0 bridgehead atoms. The van der Waals surface area contributed by atoms with Gasteiger partial charge in [-0.2, -0.15) is 5.26 Å². The number of nitrogens with one attached hydrogen (secondary N) is 2. The number of nitrogens with zero attached hydrogens (tertiary/aromatic N) is 2. The van der Waals surface area contributed by atoms with E-state index in [9.17, 15) is 14.9 Å². The van der Waals surface area contributed by atoms with Crippen molar-refractivity contribution in [3.05, 3.63) is 57.3 Å². The number of aryl methyl sites for hydroxylation is 1. The van der Waals surface area contributed by atoms with Crippen molar-refractivity contribution in [3.63, 3.8) is 0 Å². The molecule has 3 aromatic rings. The van der Waals surface area contributed by atoms with Crippen molar-refractivity contribution < 1.29 is 18.3 Å². The van der Waals surface area contributed by atoms with Crippen LogP contribution in [0.15, 0.2) is 39.5 Å². The molecule has 1 aliphatic rings. The second-order valence-corrected chi connectivity index (χ2v) is 8.25. The molecule has 1 fully saturated rings. The van der Waals surface area contributed by atoms with Crippen LogP contribution in [-0.4, -0.2) is 42.3 Å². The zero-order chi connectivity index (χ0) is 23.5. The molecule has 0 spiro atoms. The summed E-state index contributed by atoms with van der Waals surface area (Å²) in [6.45, 7) is 1.58. The number of rotatable bonds is 5. The molecule has 10 heteroatoms. The van der Waals surface area contributed by atoms with E-state index >= 15 is 4.39 Å². The van der Waals surface area contributed by atoms with Crippen molar-refractivity contribution in [2.24, 2.45) is 7.05 Å². The van der Waals surface area contributed by atoms with Gasteiger partial charge in [0.05, 0.1) is 11.6 Å². The highest BCUT2D eigenvalue weighted by Crippen LogP contribution is 2.31. The van der Waals surface area contributed by atoms with Crippen molar-refractivity contribution in [3.8, 4) is 17.2 Å². The fraction of sp³-hybridized carbons (Fsp3) is 0.348. The molecule has 0 saturated carbocycles. The number of benzene rings is 2. The molecule has 172 valence electrons. The van der Waals surface area contributed by atoms with Crippen LogP contribution in [0, 0.1) is 17.1 Å². The summed E-state index contributed by atoms with van der Waals surface area (Å²) in [6.07, 6.45) is 0.149. The summed E-state index contributed by atoms with van der Waals surface area (Å²) >= 11 is 6.42. The smallest absolute Gasteiger partial charge is 0.408 e. The Balaban J connectivity index is 1.54. The van der Waals surface area contributed by atoms with Gasteiger partial charge in [0.25, 0.3) is 5.91 Å². The van der Waals surface area contributed by atoms with E-state index < -0.39 is 29.6 Å². The zero-order valence-corrected chi connectivity index (χ0v) is 18.6. The molecule has 2 N–H and O–H groups in total. The summed E-state index contributed by atoms with van der Waals surface area (Å²) in [5.41, 5.74) is 2.08. The summed E-state index contributed by atoms with van der Waals surface area (Å²) in [4.78, 5) is 24.2. The zero-order valence-electron chi connectivity index (χ0n) is 17.9. The maximum Gasteiger partial charge on any atom is 0.419 e. The highest BCUT2D eigenvalue weighted by molar-refractivity contribution is 6.31. The van der Waals surface area contributed by atoms with Gasteiger partial charge in [-0.1, -0.05) is 17.7 Å². The molecule has 1 aromatic heterocycles. The van der Waals surface area contributed by atoms with Crippen molar-refractivity contribution in [2.75, 3.05) is 19.7 Å². The molecule has 0 radical (unpaired) electrons. The summed E-state index contributed by atoms with van der Waals surface area (Å²) in [7, 11) is 1.57. The number of halogens is 2. The van der Waals surface area contributed by atoms with Crippen molar-refractivity contribution >= 4 is 28.6 Å². The summed E-state index contributed by atoms with van der Waals surface area (Å²) in [6, 6.07) is 8.74. The third kappa shape index (κ3) is 4.93. The van der Waals surface area contributed by atoms with Gasteiger partial charge in [0.2, 0.25) is 0 Å². The Morgan fingerprint density at radius 3 is 3.03 bits per heavy atom. The molecule has 2 heterocycles. The van der Waals surface area contributed by atoms with Gasteiger partial charge in [0.1, 0.15) is 18.0 Å². The summed E-state index contributed by atoms with van der Waals surface area (Å²) < 4.78 is 27.0. The van der Waals surface area contributed by atoms with Crippen LogP contribution >= 0.6 is 11.6 Å². The summed E-state index contributed by atoms with van der Waals surface area (Å²) in [5.74, 6) is -1.45. The molecule has 1 aliphatic heterocycles. The third-order valence-electron chi connectivity index (χ3n) is 5.57. The highest BCUT2D eigenvalue weighted by Gasteiger charge is 2.24. The van der Waals surface area contributed by atoms with Crippen LogP contribution in [-0.2, 0) is 23.0 Å². The molecule has 1 unspecified atom stereocenters. The first-order valence-corrected chi connectivity index (χ1v) is 10.9. The summed E-state index contributed by atoms with van der Waals surface area (Å²) in [5, 5.41) is 15.5. The molecule has 1 saturated heterocycles. The van der Waals surface area contributed by atoms with Gasteiger partial charge in [0.15, 0.2) is 5.58 Å². The number of carbonyl (C=O) groups is 1. The standard InChI is InChI=1S/C23H22ClFN4O4/c1-29-19-9-13(3-4-20(19)33-23(29)31)16-10-17(24)14(8-18(16)25)7-15(11-26)28-22(30)21-12-27-5-2-6-32-21/h3-4,8-10,15,21,27H,2,5-7,12H2,1H3,(H,28,30)/t15-,21?/m0/s1. The average Bonchev–Trinajstić information content (AvgIpc) is 2.98.